The molecule has 1 heterocycles. The summed E-state index contributed by atoms with van der Waals surface area (Å²) < 4.78 is 16.8. The molecule has 9 nitrogen and oxygen atoms in total. The maximum atomic E-state index is 12.8. The smallest absolute Gasteiger partial charge is 0.326 e. The number of carbonyl (C=O) groups excluding carboxylic acids is 4. The molecular weight excluding hydrogens is 552 g/mol. The van der Waals surface area contributed by atoms with E-state index in [0.29, 0.717) is 27.2 Å². The normalized spacial score (nSPS) is 14.7. The highest BCUT2D eigenvalue weighted by Crippen LogP contribution is 2.38. The van der Waals surface area contributed by atoms with Gasteiger partial charge in [-0.2, -0.15) is 0 Å². The second-order valence-electron chi connectivity index (χ2n) is 8.58. The molecule has 36 heavy (non-hydrogen) atoms. The molecule has 3 rings (SSSR count). The molecule has 2 aromatic rings. The Kier molecular flexibility index (Phi) is 8.80. The molecule has 0 radical (unpaired) electrons. The van der Waals surface area contributed by atoms with Crippen LogP contribution in [0, 0.1) is 0 Å². The molecule has 11 heteroatoms. The summed E-state index contributed by atoms with van der Waals surface area (Å²) in [6, 6.07) is 12.2. The van der Waals surface area contributed by atoms with Gasteiger partial charge in [0, 0.05) is 10.2 Å². The van der Waals surface area contributed by atoms with Crippen LogP contribution in [0.15, 0.2) is 51.8 Å². The first-order valence-corrected chi connectivity index (χ1v) is 12.4. The highest BCUT2D eigenvalue weighted by Gasteiger charge is 2.37. The molecule has 1 saturated heterocycles. The number of imide groups is 1. The van der Waals surface area contributed by atoms with Gasteiger partial charge in [-0.05, 0) is 68.4 Å². The van der Waals surface area contributed by atoms with Crippen molar-refractivity contribution in [3.8, 4) is 11.5 Å². The van der Waals surface area contributed by atoms with E-state index in [0.717, 1.165) is 16.7 Å². The van der Waals surface area contributed by atoms with Crippen LogP contribution in [0.3, 0.4) is 0 Å². The van der Waals surface area contributed by atoms with Gasteiger partial charge in [0.2, 0.25) is 0 Å². The molecular formula is C25H25BrN2O7S. The number of amides is 3. The molecule has 1 N–H and O–H groups in total. The van der Waals surface area contributed by atoms with E-state index < -0.39 is 29.3 Å². The zero-order chi connectivity index (χ0) is 26.5. The van der Waals surface area contributed by atoms with Crippen molar-refractivity contribution in [2.45, 2.75) is 26.4 Å². The minimum atomic E-state index is -0.734. The summed E-state index contributed by atoms with van der Waals surface area (Å²) in [6.45, 7) is 4.38. The first-order chi connectivity index (χ1) is 17.0. The summed E-state index contributed by atoms with van der Waals surface area (Å²) >= 11 is 4.15. The molecule has 0 aromatic heterocycles. The Labute approximate surface area is 221 Å². The van der Waals surface area contributed by atoms with Gasteiger partial charge in [0.1, 0.15) is 12.1 Å². The van der Waals surface area contributed by atoms with Crippen LogP contribution in [0.4, 0.5) is 10.5 Å². The van der Waals surface area contributed by atoms with Crippen molar-refractivity contribution in [2.24, 2.45) is 0 Å². The number of benzene rings is 2. The Bertz CT molecular complexity index is 1210. The third kappa shape index (κ3) is 7.34. The van der Waals surface area contributed by atoms with Crippen molar-refractivity contribution < 1.29 is 33.4 Å². The maximum absolute atomic E-state index is 12.8. The first kappa shape index (κ1) is 27.3. The zero-order valence-electron chi connectivity index (χ0n) is 20.1. The Morgan fingerprint density at radius 3 is 2.44 bits per heavy atom. The van der Waals surface area contributed by atoms with Gasteiger partial charge >= 0.3 is 5.97 Å². The Morgan fingerprint density at radius 2 is 1.81 bits per heavy atom. The Hall–Kier alpha value is -3.31. The number of hydrogen-bond acceptors (Lipinski definition) is 8. The molecule has 0 aliphatic carbocycles. The Balaban J connectivity index is 1.71. The number of carbonyl (C=O) groups is 4. The minimum Gasteiger partial charge on any atom is -0.493 e. The number of para-hydroxylation sites is 1. The van der Waals surface area contributed by atoms with E-state index in [-0.39, 0.29) is 17.4 Å². The summed E-state index contributed by atoms with van der Waals surface area (Å²) in [5, 5.41) is 2.16. The third-order valence-corrected chi connectivity index (χ3v) is 6.16. The maximum Gasteiger partial charge on any atom is 0.326 e. The van der Waals surface area contributed by atoms with Crippen molar-refractivity contribution >= 4 is 62.5 Å². The average molecular weight is 577 g/mol. The monoisotopic (exact) mass is 576 g/mol. The van der Waals surface area contributed by atoms with E-state index >= 15 is 0 Å². The van der Waals surface area contributed by atoms with Crippen LogP contribution in [0.5, 0.6) is 11.5 Å². The van der Waals surface area contributed by atoms with Gasteiger partial charge in [-0.1, -0.05) is 34.1 Å². The summed E-state index contributed by atoms with van der Waals surface area (Å²) in [7, 11) is 1.44. The number of rotatable bonds is 8. The van der Waals surface area contributed by atoms with Crippen LogP contribution in [0.2, 0.25) is 0 Å². The largest absolute Gasteiger partial charge is 0.493 e. The van der Waals surface area contributed by atoms with Crippen LogP contribution in [0.25, 0.3) is 6.08 Å². The van der Waals surface area contributed by atoms with Crippen molar-refractivity contribution in [1.82, 2.24) is 4.90 Å². The van der Waals surface area contributed by atoms with Crippen LogP contribution in [0.1, 0.15) is 26.3 Å². The van der Waals surface area contributed by atoms with Crippen LogP contribution >= 0.6 is 27.7 Å². The lowest BCUT2D eigenvalue weighted by molar-refractivity contribution is -0.156. The first-order valence-electron chi connectivity index (χ1n) is 10.8. The Morgan fingerprint density at radius 1 is 1.11 bits per heavy atom. The van der Waals surface area contributed by atoms with Gasteiger partial charge in [-0.15, -0.1) is 0 Å². The fourth-order valence-corrected chi connectivity index (χ4v) is 4.34. The lowest BCUT2D eigenvalue weighted by Crippen LogP contribution is -2.37. The highest BCUT2D eigenvalue weighted by atomic mass is 79.9. The van der Waals surface area contributed by atoms with Gasteiger partial charge in [-0.3, -0.25) is 24.1 Å². The highest BCUT2D eigenvalue weighted by molar-refractivity contribution is 9.10. The molecule has 0 saturated carbocycles. The molecule has 1 aliphatic rings. The van der Waals surface area contributed by atoms with Crippen molar-refractivity contribution in [3.05, 3.63) is 57.4 Å². The van der Waals surface area contributed by atoms with Crippen LogP contribution in [-0.2, 0) is 19.1 Å². The molecule has 0 unspecified atom stereocenters. The number of nitrogens with one attached hydrogen (secondary N) is 1. The predicted molar refractivity (Wildman–Crippen MR) is 140 cm³/mol. The molecule has 0 atom stereocenters. The summed E-state index contributed by atoms with van der Waals surface area (Å²) in [6.07, 6.45) is 1.51. The van der Waals surface area contributed by atoms with Gasteiger partial charge in [0.05, 0.1) is 12.0 Å². The SMILES string of the molecule is COc1cc(C=C2SC(=O)N(CC(=O)OC(C)(C)C)C2=O)c(Br)cc1OCC(=O)Nc1ccccc1. The van der Waals surface area contributed by atoms with Gasteiger partial charge in [0.25, 0.3) is 17.1 Å². The van der Waals surface area contributed by atoms with Crippen LogP contribution < -0.4 is 14.8 Å². The van der Waals surface area contributed by atoms with Crippen molar-refractivity contribution in [3.63, 3.8) is 0 Å². The van der Waals surface area contributed by atoms with Gasteiger partial charge in [-0.25, -0.2) is 0 Å². The van der Waals surface area contributed by atoms with E-state index in [2.05, 4.69) is 21.2 Å². The van der Waals surface area contributed by atoms with E-state index in [4.69, 9.17) is 14.2 Å². The number of halogens is 1. The molecule has 0 spiro atoms. The second kappa shape index (κ2) is 11.6. The number of anilines is 1. The summed E-state index contributed by atoms with van der Waals surface area (Å²) in [4.78, 5) is 50.4. The van der Waals surface area contributed by atoms with E-state index in [1.807, 2.05) is 18.2 Å². The van der Waals surface area contributed by atoms with E-state index in [9.17, 15) is 19.2 Å². The minimum absolute atomic E-state index is 0.141. The van der Waals surface area contributed by atoms with Gasteiger partial charge < -0.3 is 19.5 Å². The number of nitrogens with zero attached hydrogens (tertiary/aromatic N) is 1. The fraction of sp³-hybridized carbons (Fsp3) is 0.280. The molecule has 1 fully saturated rings. The molecule has 3 amide bonds. The lowest BCUT2D eigenvalue weighted by atomic mass is 10.2. The van der Waals surface area contributed by atoms with E-state index in [1.165, 1.54) is 13.2 Å². The van der Waals surface area contributed by atoms with Crippen molar-refractivity contribution in [1.29, 1.82) is 0 Å². The standard InChI is InChI=1S/C25H25BrN2O7S/c1-25(2,3)35-22(30)13-28-23(31)20(36-24(28)32)11-15-10-18(33-4)19(12-17(15)26)34-14-21(29)27-16-8-6-5-7-9-16/h5-12H,13-14H2,1-4H3,(H,27,29). The fourth-order valence-electron chi connectivity index (χ4n) is 3.08. The number of esters is 1. The molecule has 0 bridgehead atoms. The predicted octanol–water partition coefficient (Wildman–Crippen LogP) is 4.85. The lowest BCUT2D eigenvalue weighted by Gasteiger charge is -2.21. The second-order valence-corrected chi connectivity index (χ2v) is 10.4. The average Bonchev–Trinajstić information content (AvgIpc) is 3.05. The van der Waals surface area contributed by atoms with Crippen LogP contribution in [-0.4, -0.2) is 53.8 Å². The van der Waals surface area contributed by atoms with E-state index in [1.54, 1.807) is 45.0 Å². The number of thioether (sulfide) groups is 1. The quantitative estimate of drug-likeness (QED) is 0.350. The van der Waals surface area contributed by atoms with Crippen molar-refractivity contribution in [2.75, 3.05) is 25.6 Å². The summed E-state index contributed by atoms with van der Waals surface area (Å²) in [5.41, 5.74) is 0.452. The zero-order valence-corrected chi connectivity index (χ0v) is 22.5. The number of methoxy groups -OCH3 is 1. The number of ether oxygens (including phenoxy) is 3. The molecule has 1 aliphatic heterocycles. The third-order valence-electron chi connectivity index (χ3n) is 4.57. The topological polar surface area (TPSA) is 111 Å². The molecule has 2 aromatic carbocycles. The molecule has 190 valence electrons. The summed E-state index contributed by atoms with van der Waals surface area (Å²) in [5.74, 6) is -0.985. The van der Waals surface area contributed by atoms with Gasteiger partial charge in [0.15, 0.2) is 18.1 Å². The number of hydrogen-bond donors (Lipinski definition) is 1.